The number of nitriles is 1. The van der Waals surface area contributed by atoms with Crippen molar-refractivity contribution in [2.24, 2.45) is 5.92 Å². The molecule has 0 unspecified atom stereocenters. The number of quaternary nitrogens is 1. The highest BCUT2D eigenvalue weighted by Crippen LogP contribution is 2.22. The molecule has 3 N–H and O–H groups in total. The zero-order valence-electron chi connectivity index (χ0n) is 14.9. The molecule has 0 bridgehead atoms. The zero-order chi connectivity index (χ0) is 20.9. The molecule has 0 amide bonds. The fraction of sp³-hybridized carbons (Fsp3) is 0.353. The highest BCUT2D eigenvalue weighted by molar-refractivity contribution is 7.89. The van der Waals surface area contributed by atoms with Crippen LogP contribution in [0.15, 0.2) is 35.4 Å². The Morgan fingerprint density at radius 3 is 2.61 bits per heavy atom. The van der Waals surface area contributed by atoms with E-state index in [-0.39, 0.29) is 37.6 Å². The van der Waals surface area contributed by atoms with Crippen LogP contribution >= 0.6 is 0 Å². The molecule has 1 fully saturated rings. The number of benzene rings is 1. The van der Waals surface area contributed by atoms with Crippen LogP contribution in [-0.2, 0) is 24.3 Å². The highest BCUT2D eigenvalue weighted by Gasteiger charge is 2.30. The quantitative estimate of drug-likeness (QED) is 0.593. The van der Waals surface area contributed by atoms with Crippen molar-refractivity contribution in [1.29, 1.82) is 5.26 Å². The number of rotatable bonds is 7. The number of ketones is 1. The first kappa shape index (κ1) is 21.6. The van der Waals surface area contributed by atoms with Crippen LogP contribution in [0.5, 0.6) is 0 Å². The summed E-state index contributed by atoms with van der Waals surface area (Å²) in [4.78, 5) is 23.3. The topological polar surface area (TPSA) is 141 Å². The van der Waals surface area contributed by atoms with Crippen molar-refractivity contribution in [3.05, 3.63) is 41.9 Å². The second-order valence-electron chi connectivity index (χ2n) is 5.92. The number of allylic oxidation sites excluding steroid dienone is 1. The number of carbonyl (C=O) groups is 2. The molecule has 28 heavy (non-hydrogen) atoms. The molecule has 1 aliphatic heterocycles. The number of nitrogens with zero attached hydrogens (tertiary/aromatic N) is 2. The van der Waals surface area contributed by atoms with Crippen LogP contribution in [0.4, 0.5) is 4.39 Å². The average molecular weight is 412 g/mol. The van der Waals surface area contributed by atoms with Crippen LogP contribution in [-0.4, -0.2) is 57.4 Å². The molecule has 1 aliphatic rings. The van der Waals surface area contributed by atoms with Gasteiger partial charge in [-0.3, -0.25) is 4.79 Å². The number of hydrogen-bond acceptors (Lipinski definition) is 7. The van der Waals surface area contributed by atoms with Crippen molar-refractivity contribution in [3.8, 4) is 6.07 Å². The molecule has 0 spiro atoms. The van der Waals surface area contributed by atoms with Crippen LogP contribution < -0.4 is 5.73 Å². The summed E-state index contributed by atoms with van der Waals surface area (Å²) in [6.07, 6.45) is 0. The number of Topliss-reactive ketones (excluding diaryl/α,β-unsaturated/α-hetero) is 1. The van der Waals surface area contributed by atoms with Gasteiger partial charge in [0.1, 0.15) is 16.4 Å². The van der Waals surface area contributed by atoms with Gasteiger partial charge in [-0.1, -0.05) is 0 Å². The van der Waals surface area contributed by atoms with Crippen LogP contribution in [0.3, 0.4) is 0 Å². The number of ether oxygens (including phenoxy) is 2. The van der Waals surface area contributed by atoms with Gasteiger partial charge < -0.3 is 15.2 Å². The standard InChI is InChI=1S/C17H18FN3O6S/c1-11(20)13(9-19)15(22)10-27-17(23)12-2-3-14(18)16(8-12)28(24,25)21-4-6-26-7-5-21/h2-3,8,13H,1,4-7,10,20H2/p+1/t13-/m0/s1. The Hall–Kier alpha value is -2.65. The van der Waals surface area contributed by atoms with Gasteiger partial charge in [0.25, 0.3) is 0 Å². The summed E-state index contributed by atoms with van der Waals surface area (Å²) in [5.74, 6) is -3.99. The number of hydrogen-bond donors (Lipinski definition) is 1. The molecular weight excluding hydrogens is 393 g/mol. The molecule has 1 aromatic carbocycles. The Morgan fingerprint density at radius 2 is 2.04 bits per heavy atom. The number of morpholine rings is 1. The summed E-state index contributed by atoms with van der Waals surface area (Å²) in [7, 11) is -4.17. The predicted molar refractivity (Wildman–Crippen MR) is 92.4 cm³/mol. The molecule has 0 aliphatic carbocycles. The van der Waals surface area contributed by atoms with E-state index < -0.39 is 45.0 Å². The van der Waals surface area contributed by atoms with Crippen molar-refractivity contribution in [1.82, 2.24) is 4.31 Å². The summed E-state index contributed by atoms with van der Waals surface area (Å²) in [5, 5.41) is 8.90. The van der Waals surface area contributed by atoms with Crippen molar-refractivity contribution >= 4 is 21.8 Å². The van der Waals surface area contributed by atoms with Gasteiger partial charge >= 0.3 is 5.97 Å². The van der Waals surface area contributed by atoms with E-state index in [0.717, 1.165) is 22.5 Å². The largest absolute Gasteiger partial charge is 0.454 e. The molecule has 11 heteroatoms. The van der Waals surface area contributed by atoms with Crippen molar-refractivity contribution in [2.75, 3.05) is 32.9 Å². The second kappa shape index (κ2) is 9.03. The third kappa shape index (κ3) is 4.79. The Morgan fingerprint density at radius 1 is 1.39 bits per heavy atom. The first-order valence-electron chi connectivity index (χ1n) is 8.16. The first-order chi connectivity index (χ1) is 13.2. The Labute approximate surface area is 161 Å². The Kier molecular flexibility index (Phi) is 6.98. The van der Waals surface area contributed by atoms with E-state index in [2.05, 4.69) is 12.3 Å². The van der Waals surface area contributed by atoms with E-state index in [1.54, 1.807) is 6.07 Å². The minimum atomic E-state index is -4.17. The van der Waals surface area contributed by atoms with Crippen LogP contribution in [0.25, 0.3) is 0 Å². The van der Waals surface area contributed by atoms with E-state index >= 15 is 0 Å². The zero-order valence-corrected chi connectivity index (χ0v) is 15.7. The van der Waals surface area contributed by atoms with Crippen LogP contribution in [0.2, 0.25) is 0 Å². The SMILES string of the molecule is C=C([NH3+])[C@H](C#N)C(=O)COC(=O)c1ccc(F)c(S(=O)(=O)N2CCOCC2)c1. The minimum Gasteiger partial charge on any atom is -0.454 e. The summed E-state index contributed by atoms with van der Waals surface area (Å²) in [5.41, 5.74) is 3.22. The maximum Gasteiger partial charge on any atom is 0.338 e. The molecule has 1 heterocycles. The molecule has 1 atom stereocenters. The molecule has 0 aromatic heterocycles. The Bertz CT molecular complexity index is 935. The average Bonchev–Trinajstić information content (AvgIpc) is 2.67. The number of carbonyl (C=O) groups excluding carboxylic acids is 2. The van der Waals surface area contributed by atoms with Crippen molar-refractivity contribution < 1.29 is 37.6 Å². The van der Waals surface area contributed by atoms with Crippen molar-refractivity contribution in [2.45, 2.75) is 4.90 Å². The monoisotopic (exact) mass is 412 g/mol. The fourth-order valence-corrected chi connectivity index (χ4v) is 3.95. The molecule has 0 radical (unpaired) electrons. The number of esters is 1. The van der Waals surface area contributed by atoms with Gasteiger partial charge in [0, 0.05) is 13.1 Å². The molecule has 0 saturated carbocycles. The third-order valence-electron chi connectivity index (χ3n) is 3.96. The molecular formula is C17H19FN3O6S+. The molecule has 2 rings (SSSR count). The number of halogens is 1. The third-order valence-corrected chi connectivity index (χ3v) is 5.87. The van der Waals surface area contributed by atoms with Gasteiger partial charge in [-0.25, -0.2) is 17.6 Å². The first-order valence-corrected chi connectivity index (χ1v) is 9.60. The van der Waals surface area contributed by atoms with Gasteiger partial charge in [0.15, 0.2) is 18.3 Å². The summed E-state index contributed by atoms with van der Waals surface area (Å²) < 4.78 is 50.3. The highest BCUT2D eigenvalue weighted by atomic mass is 32.2. The van der Waals surface area contributed by atoms with Gasteiger partial charge in [-0.15, -0.1) is 0 Å². The second-order valence-corrected chi connectivity index (χ2v) is 7.83. The predicted octanol–water partition coefficient (Wildman–Crippen LogP) is -0.532. The molecule has 9 nitrogen and oxygen atoms in total. The lowest BCUT2D eigenvalue weighted by Gasteiger charge is -2.26. The van der Waals surface area contributed by atoms with E-state index in [1.165, 1.54) is 0 Å². The van der Waals surface area contributed by atoms with E-state index in [4.69, 9.17) is 14.7 Å². The number of sulfonamides is 1. The van der Waals surface area contributed by atoms with Gasteiger partial charge in [-0.2, -0.15) is 9.57 Å². The maximum atomic E-state index is 14.1. The lowest BCUT2D eigenvalue weighted by atomic mass is 10.0. The van der Waals surface area contributed by atoms with E-state index in [0.29, 0.717) is 0 Å². The normalized spacial score (nSPS) is 16.0. The molecule has 1 saturated heterocycles. The smallest absolute Gasteiger partial charge is 0.338 e. The Balaban J connectivity index is 2.18. The van der Waals surface area contributed by atoms with Gasteiger partial charge in [0.05, 0.1) is 24.8 Å². The van der Waals surface area contributed by atoms with Crippen LogP contribution in [0, 0.1) is 23.1 Å². The lowest BCUT2D eigenvalue weighted by molar-refractivity contribution is -0.309. The summed E-state index contributed by atoms with van der Waals surface area (Å²) >= 11 is 0. The molecule has 150 valence electrons. The summed E-state index contributed by atoms with van der Waals surface area (Å²) in [6, 6.07) is 4.43. The summed E-state index contributed by atoms with van der Waals surface area (Å²) in [6.45, 7) is 3.18. The van der Waals surface area contributed by atoms with E-state index in [9.17, 15) is 22.4 Å². The van der Waals surface area contributed by atoms with Crippen LogP contribution in [0.1, 0.15) is 10.4 Å². The van der Waals surface area contributed by atoms with Gasteiger partial charge in [-0.05, 0) is 24.8 Å². The van der Waals surface area contributed by atoms with Gasteiger partial charge in [0.2, 0.25) is 10.0 Å². The van der Waals surface area contributed by atoms with Crippen molar-refractivity contribution in [3.63, 3.8) is 0 Å². The maximum absolute atomic E-state index is 14.1. The lowest BCUT2D eigenvalue weighted by Crippen LogP contribution is -2.51. The fourth-order valence-electron chi connectivity index (χ4n) is 2.45. The van der Waals surface area contributed by atoms with E-state index in [1.807, 2.05) is 0 Å². The minimum absolute atomic E-state index is 0.0595. The molecule has 1 aromatic rings.